The van der Waals surface area contributed by atoms with Crippen LogP contribution in [-0.4, -0.2) is 12.5 Å². The summed E-state index contributed by atoms with van der Waals surface area (Å²) in [4.78, 5) is 12.6. The van der Waals surface area contributed by atoms with E-state index in [1.54, 1.807) is 0 Å². The number of benzene rings is 1. The Balaban J connectivity index is 0.00000684. The number of unbranched alkanes of at least 4 members (excludes halogenated alkanes) is 13. The highest BCUT2D eigenvalue weighted by Gasteiger charge is 2.19. The van der Waals surface area contributed by atoms with Crippen molar-refractivity contribution < 1.29 is 38.1 Å². The smallest absolute Gasteiger partial charge is 0.316 e. The number of carbonyl (C=O) groups is 1. The quantitative estimate of drug-likeness (QED) is 0.125. The first-order valence-electron chi connectivity index (χ1n) is 14.2. The molecule has 0 aliphatic rings. The Bertz CT molecular complexity index is 893. The van der Waals surface area contributed by atoms with Crippen molar-refractivity contribution in [2.75, 3.05) is 6.61 Å². The van der Waals surface area contributed by atoms with Crippen molar-refractivity contribution in [2.24, 2.45) is 7.05 Å². The first-order valence-corrected chi connectivity index (χ1v) is 14.6. The number of aromatic nitrogens is 1. The summed E-state index contributed by atoms with van der Waals surface area (Å²) in [6.45, 7) is 4.93. The molecule has 1 heterocycles. The Labute approximate surface area is 247 Å². The van der Waals surface area contributed by atoms with Gasteiger partial charge in [-0.2, -0.15) is 4.57 Å². The number of aryl methyl sites for hydroxylation is 1. The predicted molar refractivity (Wildman–Crippen MR) is 151 cm³/mol. The molecule has 0 bridgehead atoms. The summed E-state index contributed by atoms with van der Waals surface area (Å²) >= 11 is 6.48. The van der Waals surface area contributed by atoms with Gasteiger partial charge in [0, 0.05) is 12.1 Å². The maximum absolute atomic E-state index is 12.6. The van der Waals surface area contributed by atoms with E-state index in [1.807, 2.05) is 61.1 Å². The maximum atomic E-state index is 12.6. The molecule has 208 valence electrons. The molecule has 6 heteroatoms. The van der Waals surface area contributed by atoms with E-state index in [0.29, 0.717) is 23.1 Å². The number of nitrogens with zero attached hydrogens (tertiary/aromatic N) is 1. The van der Waals surface area contributed by atoms with Crippen LogP contribution in [0.4, 0.5) is 0 Å². The topological polar surface area (TPSA) is 42.2 Å². The zero-order valence-corrected chi connectivity index (χ0v) is 26.2. The second kappa shape index (κ2) is 20.6. The number of hydrogen-bond donors (Lipinski definition) is 1. The number of halogens is 2. The van der Waals surface area contributed by atoms with Crippen molar-refractivity contribution >= 4 is 17.5 Å². The minimum atomic E-state index is -0.157. The molecule has 0 saturated carbocycles. The molecule has 0 saturated heterocycles. The minimum Gasteiger partial charge on any atom is -1.00 e. The zero-order valence-electron chi connectivity index (χ0n) is 23.2. The largest absolute Gasteiger partial charge is 1.00 e. The average Bonchev–Trinajstić information content (AvgIpc) is 2.87. The van der Waals surface area contributed by atoms with Crippen molar-refractivity contribution in [1.29, 1.82) is 0 Å². The molecule has 0 aliphatic heterocycles. The lowest BCUT2D eigenvalue weighted by Crippen LogP contribution is -3.00. The molecule has 1 aromatic carbocycles. The first kappa shape index (κ1) is 33.7. The summed E-state index contributed by atoms with van der Waals surface area (Å²) in [6, 6.07) is 11.2. The fourth-order valence-corrected chi connectivity index (χ4v) is 4.74. The van der Waals surface area contributed by atoms with Crippen molar-refractivity contribution in [3.63, 3.8) is 0 Å². The molecule has 1 unspecified atom stereocenters. The minimum absolute atomic E-state index is 0. The van der Waals surface area contributed by atoms with E-state index in [0.717, 1.165) is 12.0 Å². The molecular formula is C31H48ClIN2O2. The lowest BCUT2D eigenvalue weighted by Gasteiger charge is -2.15. The molecule has 1 N–H and O–H groups in total. The van der Waals surface area contributed by atoms with Crippen molar-refractivity contribution in [2.45, 2.75) is 110 Å². The third-order valence-corrected chi connectivity index (χ3v) is 7.14. The number of pyridine rings is 1. The molecule has 37 heavy (non-hydrogen) atoms. The van der Waals surface area contributed by atoms with Crippen LogP contribution < -0.4 is 38.6 Å². The first-order chi connectivity index (χ1) is 17.5. The van der Waals surface area contributed by atoms with Crippen LogP contribution in [-0.2, 0) is 7.05 Å². The summed E-state index contributed by atoms with van der Waals surface area (Å²) in [6.07, 6.45) is 20.7. The zero-order chi connectivity index (χ0) is 26.0. The molecule has 1 atom stereocenters. The average molecular weight is 643 g/mol. The summed E-state index contributed by atoms with van der Waals surface area (Å²) in [5.74, 6) is 0.600. The molecule has 0 radical (unpaired) electrons. The molecule has 4 nitrogen and oxygen atoms in total. The fourth-order valence-electron chi connectivity index (χ4n) is 4.50. The van der Waals surface area contributed by atoms with E-state index in [1.165, 1.54) is 83.5 Å². The second-order valence-corrected chi connectivity index (χ2v) is 10.4. The Morgan fingerprint density at radius 1 is 0.892 bits per heavy atom. The molecular weight excluding hydrogens is 595 g/mol. The molecule has 0 aliphatic carbocycles. The van der Waals surface area contributed by atoms with Gasteiger partial charge in [-0.25, -0.2) is 0 Å². The second-order valence-electron chi connectivity index (χ2n) is 10.0. The third kappa shape index (κ3) is 13.9. The monoisotopic (exact) mass is 642 g/mol. The van der Waals surface area contributed by atoms with Gasteiger partial charge in [0.15, 0.2) is 6.20 Å². The van der Waals surface area contributed by atoms with E-state index < -0.39 is 0 Å². The van der Waals surface area contributed by atoms with Crippen LogP contribution in [0.1, 0.15) is 126 Å². The number of amides is 1. The van der Waals surface area contributed by atoms with Crippen LogP contribution in [0.3, 0.4) is 0 Å². The molecule has 0 fully saturated rings. The lowest BCUT2D eigenvalue weighted by atomic mass is 10.0. The van der Waals surface area contributed by atoms with Gasteiger partial charge in [0.25, 0.3) is 5.69 Å². The highest BCUT2D eigenvalue weighted by molar-refractivity contribution is 6.32. The van der Waals surface area contributed by atoms with Crippen molar-refractivity contribution in [3.05, 3.63) is 58.9 Å². The van der Waals surface area contributed by atoms with Gasteiger partial charge in [-0.1, -0.05) is 108 Å². The van der Waals surface area contributed by atoms with E-state index >= 15 is 0 Å². The highest BCUT2D eigenvalue weighted by atomic mass is 127. The summed E-state index contributed by atoms with van der Waals surface area (Å²) < 4.78 is 7.73. The Kier molecular flexibility index (Phi) is 18.8. The van der Waals surface area contributed by atoms with E-state index in [4.69, 9.17) is 16.3 Å². The maximum Gasteiger partial charge on any atom is 0.316 e. The van der Waals surface area contributed by atoms with Gasteiger partial charge in [-0.3, -0.25) is 4.79 Å². The number of hydrogen-bond acceptors (Lipinski definition) is 2. The number of rotatable bonds is 19. The Morgan fingerprint density at radius 3 is 2.00 bits per heavy atom. The van der Waals surface area contributed by atoms with Gasteiger partial charge in [-0.15, -0.1) is 0 Å². The molecule has 1 aromatic heterocycles. The van der Waals surface area contributed by atoms with E-state index in [-0.39, 0.29) is 35.9 Å². The van der Waals surface area contributed by atoms with Crippen LogP contribution >= 0.6 is 11.6 Å². The van der Waals surface area contributed by atoms with Crippen LogP contribution in [0.15, 0.2) is 42.6 Å². The summed E-state index contributed by atoms with van der Waals surface area (Å²) in [5.41, 5.74) is 1.57. The van der Waals surface area contributed by atoms with Crippen LogP contribution in [0.2, 0.25) is 5.02 Å². The van der Waals surface area contributed by atoms with Gasteiger partial charge in [0.05, 0.1) is 17.7 Å². The number of nitrogens with one attached hydrogen (secondary N) is 1. The Hall–Kier alpha value is -1.34. The van der Waals surface area contributed by atoms with Crippen molar-refractivity contribution in [1.82, 2.24) is 5.32 Å². The standard InChI is InChI=1S/C31H47ClN2O2.HI/c1-4-5-6-7-8-9-10-11-12-13-14-15-16-19-24-36-30-22-21-27(25-28(30)32)26(2)33-31(35)29-20-17-18-23-34(29)3;/h17-18,20-23,25-26H,4-16,19,24H2,1-3H3;1H. The van der Waals surface area contributed by atoms with Crippen molar-refractivity contribution in [3.8, 4) is 5.75 Å². The normalized spacial score (nSPS) is 11.6. The fraction of sp³-hybridized carbons (Fsp3) is 0.613. The molecule has 0 spiro atoms. The molecule has 2 aromatic rings. The van der Waals surface area contributed by atoms with E-state index in [9.17, 15) is 4.79 Å². The lowest BCUT2D eigenvalue weighted by molar-refractivity contribution is -0.673. The van der Waals surface area contributed by atoms with Gasteiger partial charge < -0.3 is 34.0 Å². The van der Waals surface area contributed by atoms with Gasteiger partial charge in [0.2, 0.25) is 0 Å². The highest BCUT2D eigenvalue weighted by Crippen LogP contribution is 2.28. The van der Waals surface area contributed by atoms with Crippen LogP contribution in [0.5, 0.6) is 5.75 Å². The summed E-state index contributed by atoms with van der Waals surface area (Å²) in [7, 11) is 1.86. The van der Waals surface area contributed by atoms with Gasteiger partial charge in [0.1, 0.15) is 12.8 Å². The van der Waals surface area contributed by atoms with Gasteiger partial charge in [-0.05, 0) is 37.1 Å². The number of ether oxygens (including phenoxy) is 1. The SMILES string of the molecule is CCCCCCCCCCCCCCCCOc1ccc(C(C)NC(=O)c2cccc[n+]2C)cc1Cl.[I-]. The number of carbonyl (C=O) groups excluding carboxylic acids is 1. The van der Waals surface area contributed by atoms with E-state index in [2.05, 4.69) is 12.2 Å². The van der Waals surface area contributed by atoms with Gasteiger partial charge >= 0.3 is 5.91 Å². The Morgan fingerprint density at radius 2 is 1.46 bits per heavy atom. The van der Waals surface area contributed by atoms with Crippen LogP contribution in [0.25, 0.3) is 0 Å². The molecule has 1 amide bonds. The molecule has 2 rings (SSSR count). The van der Waals surface area contributed by atoms with Crippen LogP contribution in [0, 0.1) is 0 Å². The predicted octanol–water partition coefficient (Wildman–Crippen LogP) is 5.52. The third-order valence-electron chi connectivity index (χ3n) is 6.85. The summed E-state index contributed by atoms with van der Waals surface area (Å²) in [5, 5.41) is 3.63.